The fourth-order valence-electron chi connectivity index (χ4n) is 1.58. The van der Waals surface area contributed by atoms with Crippen LogP contribution in [0.25, 0.3) is 6.08 Å². The highest BCUT2D eigenvalue weighted by Gasteiger charge is 2.04. The lowest BCUT2D eigenvalue weighted by molar-refractivity contribution is -0.124. The van der Waals surface area contributed by atoms with Gasteiger partial charge in [0.2, 0.25) is 5.91 Å². The summed E-state index contributed by atoms with van der Waals surface area (Å²) in [6.45, 7) is 1.78. The molecule has 0 aliphatic carbocycles. The Morgan fingerprint density at radius 3 is 2.68 bits per heavy atom. The molecular formula is C14H22N2O2S. The predicted octanol–water partition coefficient (Wildman–Crippen LogP) is 1.66. The number of amides is 1. The highest BCUT2D eigenvalue weighted by atomic mass is 32.1. The number of aliphatic hydroxyl groups excluding tert-OH is 1. The van der Waals surface area contributed by atoms with Gasteiger partial charge in [-0.1, -0.05) is 0 Å². The maximum atomic E-state index is 11.8. The molecule has 1 aromatic heterocycles. The van der Waals surface area contributed by atoms with Crippen LogP contribution in [0.5, 0.6) is 0 Å². The molecule has 0 aliphatic rings. The van der Waals surface area contributed by atoms with Crippen molar-refractivity contribution in [3.8, 4) is 0 Å². The molecule has 4 nitrogen and oxygen atoms in total. The Kier molecular flexibility index (Phi) is 6.77. The summed E-state index contributed by atoms with van der Waals surface area (Å²) in [5.41, 5.74) is 0.886. The molecule has 0 atom stereocenters. The number of rotatable bonds is 7. The van der Waals surface area contributed by atoms with Gasteiger partial charge in [0.15, 0.2) is 0 Å². The Bertz CT molecular complexity index is 427. The summed E-state index contributed by atoms with van der Waals surface area (Å²) >= 11 is 1.53. The van der Waals surface area contributed by atoms with Gasteiger partial charge in [0, 0.05) is 24.5 Å². The molecule has 0 radical (unpaired) electrons. The fourth-order valence-corrected chi connectivity index (χ4v) is 2.38. The van der Waals surface area contributed by atoms with E-state index in [2.05, 4.69) is 4.90 Å². The number of carbonyl (C=O) groups is 1. The Morgan fingerprint density at radius 2 is 2.11 bits per heavy atom. The second-order valence-electron chi connectivity index (χ2n) is 4.77. The number of nitrogens with zero attached hydrogens (tertiary/aromatic N) is 2. The van der Waals surface area contributed by atoms with Crippen LogP contribution in [0.1, 0.15) is 16.9 Å². The summed E-state index contributed by atoms with van der Waals surface area (Å²) in [5.74, 6) is 0.0118. The van der Waals surface area contributed by atoms with Crippen molar-refractivity contribution in [3.63, 3.8) is 0 Å². The zero-order chi connectivity index (χ0) is 14.3. The Labute approximate surface area is 119 Å². The molecule has 1 amide bonds. The van der Waals surface area contributed by atoms with Gasteiger partial charge < -0.3 is 14.9 Å². The molecule has 0 spiro atoms. The van der Waals surface area contributed by atoms with Crippen LogP contribution in [0.2, 0.25) is 0 Å². The first kappa shape index (κ1) is 15.9. The predicted molar refractivity (Wildman–Crippen MR) is 80.1 cm³/mol. The Hall–Kier alpha value is -1.17. The molecule has 1 rings (SSSR count). The van der Waals surface area contributed by atoms with Gasteiger partial charge in [0.25, 0.3) is 0 Å². The van der Waals surface area contributed by atoms with E-state index in [1.807, 2.05) is 32.6 Å². The van der Waals surface area contributed by atoms with E-state index in [9.17, 15) is 4.79 Å². The van der Waals surface area contributed by atoms with Crippen molar-refractivity contribution in [1.82, 2.24) is 9.80 Å². The van der Waals surface area contributed by atoms with Gasteiger partial charge in [-0.25, -0.2) is 0 Å². The van der Waals surface area contributed by atoms with Crippen molar-refractivity contribution in [1.29, 1.82) is 0 Å². The number of carbonyl (C=O) groups excluding carboxylic acids is 1. The molecule has 1 heterocycles. The molecule has 1 aromatic rings. The van der Waals surface area contributed by atoms with Gasteiger partial charge in [-0.2, -0.15) is 0 Å². The average Bonchev–Trinajstić information content (AvgIpc) is 2.83. The molecule has 0 aliphatic heterocycles. The normalized spacial score (nSPS) is 11.4. The summed E-state index contributed by atoms with van der Waals surface area (Å²) in [4.78, 5) is 16.7. The number of thiophene rings is 1. The van der Waals surface area contributed by atoms with Gasteiger partial charge in [-0.3, -0.25) is 4.79 Å². The van der Waals surface area contributed by atoms with Gasteiger partial charge >= 0.3 is 0 Å². The van der Waals surface area contributed by atoms with Crippen molar-refractivity contribution in [2.75, 3.05) is 34.2 Å². The van der Waals surface area contributed by atoms with E-state index in [0.29, 0.717) is 0 Å². The van der Waals surface area contributed by atoms with E-state index in [4.69, 9.17) is 5.11 Å². The third-order valence-electron chi connectivity index (χ3n) is 2.72. The molecular weight excluding hydrogens is 260 g/mol. The van der Waals surface area contributed by atoms with Gasteiger partial charge in [0.1, 0.15) is 0 Å². The molecule has 19 heavy (non-hydrogen) atoms. The zero-order valence-electron chi connectivity index (χ0n) is 11.8. The first-order valence-corrected chi connectivity index (χ1v) is 7.17. The summed E-state index contributed by atoms with van der Waals surface area (Å²) < 4.78 is 0. The van der Waals surface area contributed by atoms with Crippen LogP contribution in [0.4, 0.5) is 0 Å². The first-order chi connectivity index (χ1) is 9.02. The maximum Gasteiger partial charge on any atom is 0.246 e. The Morgan fingerprint density at radius 1 is 1.37 bits per heavy atom. The highest BCUT2D eigenvalue weighted by Crippen LogP contribution is 2.16. The van der Waals surface area contributed by atoms with Crippen molar-refractivity contribution >= 4 is 23.3 Å². The monoisotopic (exact) mass is 282 g/mol. The SMILES string of the molecule is CN(C)CCCN(C)C(=O)/C=C/c1cc(CO)cs1. The minimum Gasteiger partial charge on any atom is -0.392 e. The largest absolute Gasteiger partial charge is 0.392 e. The zero-order valence-corrected chi connectivity index (χ0v) is 12.6. The lowest BCUT2D eigenvalue weighted by Gasteiger charge is -2.16. The number of likely N-dealkylation sites (N-methyl/N-ethyl adjacent to an activating group) is 1. The fraction of sp³-hybridized carbons (Fsp3) is 0.500. The average molecular weight is 282 g/mol. The van der Waals surface area contributed by atoms with Crippen molar-refractivity contribution in [2.45, 2.75) is 13.0 Å². The van der Waals surface area contributed by atoms with Crippen LogP contribution in [0, 0.1) is 0 Å². The van der Waals surface area contributed by atoms with Crippen molar-refractivity contribution < 1.29 is 9.90 Å². The summed E-state index contributed by atoms with van der Waals surface area (Å²) in [6.07, 6.45) is 4.36. The van der Waals surface area contributed by atoms with Gasteiger partial charge in [-0.05, 0) is 50.1 Å². The van der Waals surface area contributed by atoms with Gasteiger partial charge in [-0.15, -0.1) is 11.3 Å². The second kappa shape index (κ2) is 8.09. The van der Waals surface area contributed by atoms with Crippen LogP contribution in [-0.4, -0.2) is 55.0 Å². The van der Waals surface area contributed by atoms with Crippen LogP contribution in [0.15, 0.2) is 17.5 Å². The second-order valence-corrected chi connectivity index (χ2v) is 5.71. The maximum absolute atomic E-state index is 11.8. The summed E-state index contributed by atoms with van der Waals surface area (Å²) in [6, 6.07) is 1.89. The number of hydrogen-bond donors (Lipinski definition) is 1. The minimum atomic E-state index is 0.0118. The van der Waals surface area contributed by atoms with E-state index < -0.39 is 0 Å². The number of aliphatic hydroxyl groups is 1. The van der Waals surface area contributed by atoms with E-state index in [1.54, 1.807) is 17.1 Å². The first-order valence-electron chi connectivity index (χ1n) is 6.29. The van der Waals surface area contributed by atoms with Crippen LogP contribution >= 0.6 is 11.3 Å². The van der Waals surface area contributed by atoms with E-state index >= 15 is 0 Å². The van der Waals surface area contributed by atoms with Gasteiger partial charge in [0.05, 0.1) is 6.61 Å². The van der Waals surface area contributed by atoms with E-state index in [1.165, 1.54) is 11.3 Å². The van der Waals surface area contributed by atoms with Crippen LogP contribution < -0.4 is 0 Å². The topological polar surface area (TPSA) is 43.8 Å². The van der Waals surface area contributed by atoms with Crippen molar-refractivity contribution in [2.24, 2.45) is 0 Å². The molecule has 0 aromatic carbocycles. The smallest absolute Gasteiger partial charge is 0.246 e. The van der Waals surface area contributed by atoms with E-state index in [0.717, 1.165) is 30.0 Å². The molecule has 0 unspecified atom stereocenters. The quantitative estimate of drug-likeness (QED) is 0.774. The molecule has 106 valence electrons. The number of hydrogen-bond acceptors (Lipinski definition) is 4. The molecule has 1 N–H and O–H groups in total. The molecule has 0 bridgehead atoms. The molecule has 0 saturated carbocycles. The van der Waals surface area contributed by atoms with Crippen LogP contribution in [-0.2, 0) is 11.4 Å². The highest BCUT2D eigenvalue weighted by molar-refractivity contribution is 7.11. The summed E-state index contributed by atoms with van der Waals surface area (Å²) in [7, 11) is 5.87. The standard InChI is InChI=1S/C14H22N2O2S/c1-15(2)7-4-8-16(3)14(18)6-5-13-9-12(10-17)11-19-13/h5-6,9,11,17H,4,7-8,10H2,1-3H3/b6-5+. The lowest BCUT2D eigenvalue weighted by Crippen LogP contribution is -2.28. The third-order valence-corrected chi connectivity index (χ3v) is 3.67. The molecule has 0 fully saturated rings. The van der Waals surface area contributed by atoms with Crippen LogP contribution in [0.3, 0.4) is 0 Å². The van der Waals surface area contributed by atoms with Crippen molar-refractivity contribution in [3.05, 3.63) is 28.0 Å². The lowest BCUT2D eigenvalue weighted by atomic mass is 10.3. The molecule has 0 saturated heterocycles. The van der Waals surface area contributed by atoms with E-state index in [-0.39, 0.29) is 12.5 Å². The third kappa shape index (κ3) is 6.00. The summed E-state index contributed by atoms with van der Waals surface area (Å²) in [5, 5.41) is 10.9. The molecule has 5 heteroatoms. The minimum absolute atomic E-state index is 0.0118. The Balaban J connectivity index is 2.40.